The first kappa shape index (κ1) is 15.3. The molecular weight excluding hydrogens is 297 g/mol. The lowest BCUT2D eigenvalue weighted by molar-refractivity contribution is 0.0935. The molecule has 1 atom stereocenters. The van der Waals surface area contributed by atoms with Gasteiger partial charge in [0.2, 0.25) is 0 Å². The number of carbonyl (C=O) groups is 1. The van der Waals surface area contributed by atoms with Crippen molar-refractivity contribution in [2.24, 2.45) is 7.05 Å². The molecular formula is C17H18FN3O2. The molecule has 2 heterocycles. The molecule has 0 fully saturated rings. The number of aryl methyl sites for hydroxylation is 2. The van der Waals surface area contributed by atoms with E-state index in [4.69, 9.17) is 4.42 Å². The van der Waals surface area contributed by atoms with E-state index >= 15 is 0 Å². The Hall–Kier alpha value is -2.63. The lowest BCUT2D eigenvalue weighted by Gasteiger charge is -2.12. The molecule has 3 aromatic rings. The molecule has 3 rings (SSSR count). The molecule has 6 heteroatoms. The summed E-state index contributed by atoms with van der Waals surface area (Å²) in [5.41, 5.74) is 2.75. The Morgan fingerprint density at radius 2 is 2.13 bits per heavy atom. The molecule has 120 valence electrons. The summed E-state index contributed by atoms with van der Waals surface area (Å²) in [5.74, 6) is 0.102. The van der Waals surface area contributed by atoms with Gasteiger partial charge in [-0.3, -0.25) is 9.48 Å². The predicted molar refractivity (Wildman–Crippen MR) is 84.7 cm³/mol. The van der Waals surface area contributed by atoms with Crippen LogP contribution in [0.2, 0.25) is 0 Å². The number of hydrogen-bond donors (Lipinski definition) is 1. The summed E-state index contributed by atoms with van der Waals surface area (Å²) < 4.78 is 20.8. The van der Waals surface area contributed by atoms with Crippen LogP contribution in [-0.4, -0.2) is 15.7 Å². The summed E-state index contributed by atoms with van der Waals surface area (Å²) >= 11 is 0. The largest absolute Gasteiger partial charge is 0.459 e. The SMILES string of the molecule is Cc1c([C@@H](C)NC(=O)c2cnn(C)c2C)oc2ccc(F)cc12. The van der Waals surface area contributed by atoms with Gasteiger partial charge in [0.1, 0.15) is 17.2 Å². The third-order valence-electron chi connectivity index (χ3n) is 4.16. The molecule has 0 aliphatic carbocycles. The number of carbonyl (C=O) groups excluding carboxylic acids is 1. The van der Waals surface area contributed by atoms with E-state index in [1.165, 1.54) is 18.3 Å². The molecule has 0 saturated heterocycles. The van der Waals surface area contributed by atoms with Gasteiger partial charge in [-0.25, -0.2) is 4.39 Å². The minimum Gasteiger partial charge on any atom is -0.459 e. The molecule has 0 unspecified atom stereocenters. The molecule has 2 aromatic heterocycles. The van der Waals surface area contributed by atoms with E-state index in [2.05, 4.69) is 10.4 Å². The van der Waals surface area contributed by atoms with Gasteiger partial charge in [0, 0.05) is 23.7 Å². The average molecular weight is 315 g/mol. The molecule has 0 aliphatic heterocycles. The lowest BCUT2D eigenvalue weighted by Crippen LogP contribution is -2.27. The van der Waals surface area contributed by atoms with Crippen molar-refractivity contribution in [1.82, 2.24) is 15.1 Å². The van der Waals surface area contributed by atoms with E-state index in [9.17, 15) is 9.18 Å². The minimum absolute atomic E-state index is 0.214. The van der Waals surface area contributed by atoms with E-state index in [0.29, 0.717) is 16.9 Å². The van der Waals surface area contributed by atoms with Gasteiger partial charge < -0.3 is 9.73 Å². The molecule has 0 aliphatic rings. The van der Waals surface area contributed by atoms with Crippen LogP contribution in [0.4, 0.5) is 4.39 Å². The van der Waals surface area contributed by atoms with Crippen molar-refractivity contribution in [2.75, 3.05) is 0 Å². The van der Waals surface area contributed by atoms with Crippen LogP contribution >= 0.6 is 0 Å². The van der Waals surface area contributed by atoms with Crippen LogP contribution in [0.15, 0.2) is 28.8 Å². The number of furan rings is 1. The second kappa shape index (κ2) is 5.53. The number of nitrogens with zero attached hydrogens (tertiary/aromatic N) is 2. The summed E-state index contributed by atoms with van der Waals surface area (Å²) in [6, 6.07) is 4.06. The van der Waals surface area contributed by atoms with Gasteiger partial charge in [0.05, 0.1) is 17.8 Å². The zero-order chi connectivity index (χ0) is 16.7. The highest BCUT2D eigenvalue weighted by Crippen LogP contribution is 2.30. The van der Waals surface area contributed by atoms with Crippen molar-refractivity contribution in [1.29, 1.82) is 0 Å². The van der Waals surface area contributed by atoms with Crippen LogP contribution < -0.4 is 5.32 Å². The number of benzene rings is 1. The summed E-state index contributed by atoms with van der Waals surface area (Å²) in [7, 11) is 1.79. The number of nitrogens with one attached hydrogen (secondary N) is 1. The number of fused-ring (bicyclic) bond motifs is 1. The molecule has 1 aromatic carbocycles. The summed E-state index contributed by atoms with van der Waals surface area (Å²) in [4.78, 5) is 12.4. The lowest BCUT2D eigenvalue weighted by atomic mass is 10.1. The van der Waals surface area contributed by atoms with Gasteiger partial charge in [0.15, 0.2) is 0 Å². The zero-order valence-electron chi connectivity index (χ0n) is 13.5. The first-order chi connectivity index (χ1) is 10.9. The Kier molecular flexibility index (Phi) is 3.67. The third kappa shape index (κ3) is 2.60. The van der Waals surface area contributed by atoms with Crippen molar-refractivity contribution in [3.05, 3.63) is 52.8 Å². The summed E-state index contributed by atoms with van der Waals surface area (Å²) in [5, 5.41) is 7.69. The molecule has 1 N–H and O–H groups in total. The van der Waals surface area contributed by atoms with E-state index in [0.717, 1.165) is 16.6 Å². The van der Waals surface area contributed by atoms with Crippen LogP contribution in [0.3, 0.4) is 0 Å². The second-order valence-corrected chi connectivity index (χ2v) is 5.69. The van der Waals surface area contributed by atoms with Crippen molar-refractivity contribution < 1.29 is 13.6 Å². The Morgan fingerprint density at radius 1 is 1.39 bits per heavy atom. The maximum Gasteiger partial charge on any atom is 0.255 e. The quantitative estimate of drug-likeness (QED) is 0.805. The van der Waals surface area contributed by atoms with Crippen molar-refractivity contribution >= 4 is 16.9 Å². The van der Waals surface area contributed by atoms with Crippen LogP contribution in [0.5, 0.6) is 0 Å². The first-order valence-corrected chi connectivity index (χ1v) is 7.36. The number of amides is 1. The fourth-order valence-electron chi connectivity index (χ4n) is 2.69. The van der Waals surface area contributed by atoms with E-state index in [1.54, 1.807) is 17.8 Å². The van der Waals surface area contributed by atoms with Crippen LogP contribution in [-0.2, 0) is 7.05 Å². The highest BCUT2D eigenvalue weighted by Gasteiger charge is 2.21. The third-order valence-corrected chi connectivity index (χ3v) is 4.16. The first-order valence-electron chi connectivity index (χ1n) is 7.36. The van der Waals surface area contributed by atoms with Crippen LogP contribution in [0.1, 0.15) is 40.3 Å². The number of halogens is 1. The Labute approximate surface area is 133 Å². The number of rotatable bonds is 3. The minimum atomic E-state index is -0.336. The van der Waals surface area contributed by atoms with E-state index < -0.39 is 0 Å². The standard InChI is InChI=1S/C17H18FN3O2/c1-9-13-7-12(18)5-6-15(13)23-16(9)10(2)20-17(22)14-8-19-21(4)11(14)3/h5-8,10H,1-4H3,(H,20,22)/t10-/m1/s1. The molecule has 0 radical (unpaired) electrons. The smallest absolute Gasteiger partial charge is 0.255 e. The van der Waals surface area contributed by atoms with Gasteiger partial charge in [-0.2, -0.15) is 5.10 Å². The Bertz CT molecular complexity index is 895. The van der Waals surface area contributed by atoms with Crippen molar-refractivity contribution in [3.8, 4) is 0 Å². The Morgan fingerprint density at radius 3 is 2.78 bits per heavy atom. The highest BCUT2D eigenvalue weighted by molar-refractivity contribution is 5.95. The van der Waals surface area contributed by atoms with Gasteiger partial charge in [0.25, 0.3) is 5.91 Å². The van der Waals surface area contributed by atoms with E-state index in [1.807, 2.05) is 20.8 Å². The van der Waals surface area contributed by atoms with Gasteiger partial charge in [-0.05, 0) is 39.0 Å². The van der Waals surface area contributed by atoms with Crippen molar-refractivity contribution in [3.63, 3.8) is 0 Å². The predicted octanol–water partition coefficient (Wildman–Crippen LogP) is 3.41. The van der Waals surface area contributed by atoms with Gasteiger partial charge >= 0.3 is 0 Å². The van der Waals surface area contributed by atoms with Gasteiger partial charge in [-0.1, -0.05) is 0 Å². The fraction of sp³-hybridized carbons (Fsp3) is 0.294. The molecule has 23 heavy (non-hydrogen) atoms. The maximum atomic E-state index is 13.4. The van der Waals surface area contributed by atoms with Gasteiger partial charge in [-0.15, -0.1) is 0 Å². The fourth-order valence-corrected chi connectivity index (χ4v) is 2.69. The average Bonchev–Trinajstić information content (AvgIpc) is 3.01. The van der Waals surface area contributed by atoms with Crippen molar-refractivity contribution in [2.45, 2.75) is 26.8 Å². The molecule has 0 bridgehead atoms. The van der Waals surface area contributed by atoms with Crippen LogP contribution in [0, 0.1) is 19.7 Å². The maximum absolute atomic E-state index is 13.4. The highest BCUT2D eigenvalue weighted by atomic mass is 19.1. The van der Waals surface area contributed by atoms with Crippen LogP contribution in [0.25, 0.3) is 11.0 Å². The molecule has 5 nitrogen and oxygen atoms in total. The Balaban J connectivity index is 1.89. The van der Waals surface area contributed by atoms with E-state index in [-0.39, 0.29) is 17.8 Å². The topological polar surface area (TPSA) is 60.1 Å². The summed E-state index contributed by atoms with van der Waals surface area (Å²) in [6.45, 7) is 5.53. The zero-order valence-corrected chi connectivity index (χ0v) is 13.5. The normalized spacial score (nSPS) is 12.6. The number of aromatic nitrogens is 2. The second-order valence-electron chi connectivity index (χ2n) is 5.69. The molecule has 1 amide bonds. The monoisotopic (exact) mass is 315 g/mol. The molecule has 0 saturated carbocycles. The number of hydrogen-bond acceptors (Lipinski definition) is 3. The molecule has 0 spiro atoms. The summed E-state index contributed by atoms with van der Waals surface area (Å²) in [6.07, 6.45) is 1.54.